The van der Waals surface area contributed by atoms with Gasteiger partial charge in [-0.15, -0.1) is 0 Å². The van der Waals surface area contributed by atoms with Gasteiger partial charge in [-0.05, 0) is 63.8 Å². The summed E-state index contributed by atoms with van der Waals surface area (Å²) in [5.74, 6) is 1.15. The normalized spacial score (nSPS) is 13.8. The first-order valence-electron chi connectivity index (χ1n) is 14.6. The Morgan fingerprint density at radius 2 is 1.54 bits per heavy atom. The van der Waals surface area contributed by atoms with E-state index in [4.69, 9.17) is 15.2 Å². The summed E-state index contributed by atoms with van der Waals surface area (Å²) < 4.78 is 11.4. The number of nitrogens with zero attached hydrogens (tertiary/aromatic N) is 2. The number of nitrogens with one attached hydrogen (secondary N) is 1. The van der Waals surface area contributed by atoms with E-state index in [1.54, 1.807) is 6.92 Å². The van der Waals surface area contributed by atoms with Gasteiger partial charge in [-0.3, -0.25) is 4.79 Å². The summed E-state index contributed by atoms with van der Waals surface area (Å²) in [4.78, 5) is 21.7. The number of hydrogen-bond acceptors (Lipinski definition) is 7. The van der Waals surface area contributed by atoms with E-state index in [0.717, 1.165) is 41.0 Å². The van der Waals surface area contributed by atoms with E-state index in [1.807, 2.05) is 81.7 Å². The summed E-state index contributed by atoms with van der Waals surface area (Å²) in [6.07, 6.45) is 8.97. The standard InChI is InChI=1S/C33H46N4O4/c1-6-7-8-9-10-19-40-28-17-15-25(16-18-28)27-21-35-30(36-22-27)26-13-11-24(12-14-26)20-29(34)31(38)37-23(2)32(39)41-33(3,4)5/h11-18,21-23,29,32,39H,6-10,19-20,34H2,1-5H3,(H,37,38)/t23-,29+,32?/m1/s1. The molecule has 0 radical (unpaired) electrons. The summed E-state index contributed by atoms with van der Waals surface area (Å²) in [6, 6.07) is 14.4. The van der Waals surface area contributed by atoms with Crippen molar-refractivity contribution in [1.82, 2.24) is 15.3 Å². The summed E-state index contributed by atoms with van der Waals surface area (Å²) in [6.45, 7) is 10.2. The molecule has 1 heterocycles. The number of amides is 1. The molecule has 2 aromatic carbocycles. The molecule has 0 saturated carbocycles. The first-order valence-corrected chi connectivity index (χ1v) is 14.6. The minimum absolute atomic E-state index is 0.348. The minimum Gasteiger partial charge on any atom is -0.494 e. The Hall–Kier alpha value is -3.33. The zero-order valence-electron chi connectivity index (χ0n) is 25.1. The molecule has 8 nitrogen and oxygen atoms in total. The number of aromatic nitrogens is 2. The van der Waals surface area contributed by atoms with E-state index in [0.29, 0.717) is 12.2 Å². The maximum Gasteiger partial charge on any atom is 0.237 e. The zero-order valence-corrected chi connectivity index (χ0v) is 25.1. The van der Waals surface area contributed by atoms with Gasteiger partial charge in [0.05, 0.1) is 24.3 Å². The Balaban J connectivity index is 1.50. The molecule has 3 atom stereocenters. The largest absolute Gasteiger partial charge is 0.494 e. The second kappa shape index (κ2) is 15.6. The van der Waals surface area contributed by atoms with Crippen molar-refractivity contribution in [2.45, 2.75) is 97.1 Å². The van der Waals surface area contributed by atoms with E-state index >= 15 is 0 Å². The second-order valence-corrected chi connectivity index (χ2v) is 11.5. The molecule has 8 heteroatoms. The summed E-state index contributed by atoms with van der Waals surface area (Å²) in [5.41, 5.74) is 9.35. The van der Waals surface area contributed by atoms with Crippen LogP contribution in [0.25, 0.3) is 22.5 Å². The lowest BCUT2D eigenvalue weighted by molar-refractivity contribution is -0.179. The highest BCUT2D eigenvalue weighted by Gasteiger charge is 2.25. The van der Waals surface area contributed by atoms with Crippen molar-refractivity contribution >= 4 is 5.91 Å². The van der Waals surface area contributed by atoms with Crippen LogP contribution in [0, 0.1) is 0 Å². The highest BCUT2D eigenvalue weighted by molar-refractivity contribution is 5.82. The number of ether oxygens (including phenoxy) is 2. The number of aliphatic hydroxyl groups is 1. The molecule has 41 heavy (non-hydrogen) atoms. The second-order valence-electron chi connectivity index (χ2n) is 11.5. The van der Waals surface area contributed by atoms with Crippen LogP contribution in [0.3, 0.4) is 0 Å². The highest BCUT2D eigenvalue weighted by atomic mass is 16.6. The third kappa shape index (κ3) is 10.9. The Morgan fingerprint density at radius 1 is 0.927 bits per heavy atom. The van der Waals surface area contributed by atoms with Crippen molar-refractivity contribution in [2.75, 3.05) is 6.61 Å². The molecule has 4 N–H and O–H groups in total. The van der Waals surface area contributed by atoms with Crippen molar-refractivity contribution in [3.8, 4) is 28.3 Å². The minimum atomic E-state index is -1.12. The molecule has 0 aliphatic heterocycles. The number of aliphatic hydroxyl groups excluding tert-OH is 1. The van der Waals surface area contributed by atoms with Crippen molar-refractivity contribution in [3.63, 3.8) is 0 Å². The monoisotopic (exact) mass is 562 g/mol. The smallest absolute Gasteiger partial charge is 0.237 e. The Labute approximate surface area is 244 Å². The maximum absolute atomic E-state index is 12.5. The van der Waals surface area contributed by atoms with Gasteiger partial charge in [0.25, 0.3) is 0 Å². The van der Waals surface area contributed by atoms with Crippen LogP contribution in [0.15, 0.2) is 60.9 Å². The predicted octanol–water partition coefficient (Wildman–Crippen LogP) is 5.67. The third-order valence-corrected chi connectivity index (χ3v) is 6.63. The van der Waals surface area contributed by atoms with Gasteiger partial charge >= 0.3 is 0 Å². The van der Waals surface area contributed by atoms with Crippen molar-refractivity contribution in [3.05, 3.63) is 66.5 Å². The fourth-order valence-corrected chi connectivity index (χ4v) is 4.27. The molecule has 0 spiro atoms. The molecule has 0 aliphatic rings. The van der Waals surface area contributed by atoms with Gasteiger partial charge in [0.15, 0.2) is 12.1 Å². The lowest BCUT2D eigenvalue weighted by Gasteiger charge is -2.28. The summed E-state index contributed by atoms with van der Waals surface area (Å²) in [7, 11) is 0. The molecule has 0 saturated heterocycles. The van der Waals surface area contributed by atoms with E-state index in [-0.39, 0.29) is 5.91 Å². The van der Waals surface area contributed by atoms with Gasteiger partial charge in [0, 0.05) is 23.5 Å². The van der Waals surface area contributed by atoms with E-state index in [9.17, 15) is 9.90 Å². The van der Waals surface area contributed by atoms with Gasteiger partial charge in [0.2, 0.25) is 5.91 Å². The zero-order chi connectivity index (χ0) is 29.8. The lowest BCUT2D eigenvalue weighted by Crippen LogP contribution is -2.50. The van der Waals surface area contributed by atoms with Crippen molar-refractivity contribution in [2.24, 2.45) is 5.73 Å². The lowest BCUT2D eigenvalue weighted by atomic mass is 10.0. The van der Waals surface area contributed by atoms with Crippen LogP contribution in [0.2, 0.25) is 0 Å². The van der Waals surface area contributed by atoms with E-state index < -0.39 is 24.0 Å². The molecule has 0 aliphatic carbocycles. The first-order chi connectivity index (χ1) is 19.6. The molecular formula is C33H46N4O4. The first kappa shape index (κ1) is 32.2. The van der Waals surface area contributed by atoms with E-state index in [1.165, 1.54) is 25.7 Å². The number of nitrogens with two attached hydrogens (primary N) is 1. The molecule has 222 valence electrons. The quantitative estimate of drug-likeness (QED) is 0.161. The van der Waals surface area contributed by atoms with Gasteiger partial charge < -0.3 is 25.6 Å². The molecule has 1 amide bonds. The molecule has 1 unspecified atom stereocenters. The highest BCUT2D eigenvalue weighted by Crippen LogP contribution is 2.23. The van der Waals surface area contributed by atoms with Crippen molar-refractivity contribution in [1.29, 1.82) is 0 Å². The van der Waals surface area contributed by atoms with Gasteiger partial charge in [0.1, 0.15) is 5.75 Å². The van der Waals surface area contributed by atoms with Crippen LogP contribution in [0.5, 0.6) is 5.75 Å². The number of rotatable bonds is 15. The van der Waals surface area contributed by atoms with Crippen LogP contribution in [-0.4, -0.2) is 51.6 Å². The molecule has 3 rings (SSSR count). The van der Waals surface area contributed by atoms with Crippen LogP contribution >= 0.6 is 0 Å². The van der Waals surface area contributed by atoms with Crippen LogP contribution in [0.1, 0.15) is 72.3 Å². The van der Waals surface area contributed by atoms with Gasteiger partial charge in [-0.1, -0.05) is 69.0 Å². The fraction of sp³-hybridized carbons (Fsp3) is 0.485. The average Bonchev–Trinajstić information content (AvgIpc) is 2.95. The van der Waals surface area contributed by atoms with Gasteiger partial charge in [-0.2, -0.15) is 0 Å². The number of hydrogen-bond donors (Lipinski definition) is 3. The Morgan fingerprint density at radius 3 is 2.15 bits per heavy atom. The molecule has 3 aromatic rings. The van der Waals surface area contributed by atoms with Crippen LogP contribution in [-0.2, 0) is 16.0 Å². The number of carbonyl (C=O) groups excluding carboxylic acids is 1. The summed E-state index contributed by atoms with van der Waals surface area (Å²) >= 11 is 0. The summed E-state index contributed by atoms with van der Waals surface area (Å²) in [5, 5.41) is 12.9. The average molecular weight is 563 g/mol. The molecule has 0 bridgehead atoms. The fourth-order valence-electron chi connectivity index (χ4n) is 4.27. The molecular weight excluding hydrogens is 516 g/mol. The Kier molecular flexibility index (Phi) is 12.3. The molecule has 0 fully saturated rings. The third-order valence-electron chi connectivity index (χ3n) is 6.63. The number of benzene rings is 2. The maximum atomic E-state index is 12.5. The van der Waals surface area contributed by atoms with Crippen molar-refractivity contribution < 1.29 is 19.4 Å². The predicted molar refractivity (Wildman–Crippen MR) is 163 cm³/mol. The number of carbonyl (C=O) groups is 1. The van der Waals surface area contributed by atoms with Gasteiger partial charge in [-0.25, -0.2) is 9.97 Å². The van der Waals surface area contributed by atoms with E-state index in [2.05, 4.69) is 22.2 Å². The topological polar surface area (TPSA) is 120 Å². The SMILES string of the molecule is CCCCCCCOc1ccc(-c2cnc(-c3ccc(C[C@H](N)C(=O)N[C@H](C)C(O)OC(C)(C)C)cc3)nc2)cc1. The molecule has 1 aromatic heterocycles. The number of unbranched alkanes of at least 4 members (excludes halogenated alkanes) is 4. The van der Waals surface area contributed by atoms with Crippen LogP contribution < -0.4 is 15.8 Å². The Bertz CT molecular complexity index is 1190. The van der Waals surface area contributed by atoms with Crippen LogP contribution in [0.4, 0.5) is 0 Å².